The Bertz CT molecular complexity index is 457. The Balaban J connectivity index is 2.02. The molecule has 2 aromatic rings. The largest absolute Gasteiger partial charge is 0.242 e. The van der Waals surface area contributed by atoms with Gasteiger partial charge in [-0.1, -0.05) is 18.2 Å². The van der Waals surface area contributed by atoms with Crippen LogP contribution in [0.15, 0.2) is 24.3 Å². The second-order valence-electron chi connectivity index (χ2n) is 4.01. The Morgan fingerprint density at radius 3 is 2.80 bits per heavy atom. The van der Waals surface area contributed by atoms with Crippen LogP contribution in [0.5, 0.6) is 0 Å². The van der Waals surface area contributed by atoms with Crippen LogP contribution in [0.25, 0.3) is 10.1 Å². The lowest BCUT2D eigenvalue weighted by molar-refractivity contribution is 0.450. The number of hydrogen-bond acceptors (Lipinski definition) is 2. The summed E-state index contributed by atoms with van der Waals surface area (Å²) in [7, 11) is 0. The fraction of sp³-hybridized carbons (Fsp3) is 0.417. The molecular weight excluding hydrogens is 204 g/mol. The molecule has 1 aromatic carbocycles. The molecule has 2 heterocycles. The van der Waals surface area contributed by atoms with Crippen molar-refractivity contribution >= 4 is 21.6 Å². The molecule has 0 saturated carbocycles. The van der Waals surface area contributed by atoms with Crippen LogP contribution in [-0.4, -0.2) is 17.5 Å². The van der Waals surface area contributed by atoms with Gasteiger partial charge in [0.25, 0.3) is 0 Å². The third-order valence-electron chi connectivity index (χ3n) is 3.06. The maximum Gasteiger partial charge on any atom is 0.0652 e. The molecule has 0 amide bonds. The normalized spacial score (nSPS) is 18.4. The predicted molar refractivity (Wildman–Crippen MR) is 63.5 cm³/mol. The zero-order valence-electron chi connectivity index (χ0n) is 8.52. The summed E-state index contributed by atoms with van der Waals surface area (Å²) in [5, 5.41) is 5.75. The average Bonchev–Trinajstić information content (AvgIpc) is 2.74. The van der Waals surface area contributed by atoms with Gasteiger partial charge in [0, 0.05) is 24.4 Å². The van der Waals surface area contributed by atoms with Gasteiger partial charge in [-0.25, -0.2) is 5.32 Å². The summed E-state index contributed by atoms with van der Waals surface area (Å²) in [6, 6.07) is 8.54. The standard InChI is InChI=1S/C12H13N2S/c1-2-4-11-10(3-1)12(14-15-11)9-5-7-13-8-6-9/h1-4,9H,5-8H2. The van der Waals surface area contributed by atoms with Gasteiger partial charge in [-0.3, -0.25) is 0 Å². The number of nitrogens with zero attached hydrogens (tertiary/aromatic N) is 2. The Morgan fingerprint density at radius 1 is 1.13 bits per heavy atom. The number of benzene rings is 1. The smallest absolute Gasteiger partial charge is 0.0652 e. The van der Waals surface area contributed by atoms with E-state index in [9.17, 15) is 0 Å². The molecule has 0 N–H and O–H groups in total. The highest BCUT2D eigenvalue weighted by molar-refractivity contribution is 7.13. The summed E-state index contributed by atoms with van der Waals surface area (Å²) in [4.78, 5) is 0. The van der Waals surface area contributed by atoms with E-state index in [1.54, 1.807) is 11.5 Å². The summed E-state index contributed by atoms with van der Waals surface area (Å²) in [6.45, 7) is 2.02. The highest BCUT2D eigenvalue weighted by atomic mass is 32.1. The average molecular weight is 217 g/mol. The summed E-state index contributed by atoms with van der Waals surface area (Å²) >= 11 is 1.63. The molecule has 3 heteroatoms. The first-order valence-electron chi connectivity index (χ1n) is 5.43. The van der Waals surface area contributed by atoms with Gasteiger partial charge < -0.3 is 0 Å². The first kappa shape index (κ1) is 9.31. The summed E-state index contributed by atoms with van der Waals surface area (Å²) in [5.41, 5.74) is 1.31. The van der Waals surface area contributed by atoms with Crippen molar-refractivity contribution in [3.8, 4) is 0 Å². The van der Waals surface area contributed by atoms with E-state index in [0.29, 0.717) is 5.92 Å². The molecule has 0 unspecified atom stereocenters. The lowest BCUT2D eigenvalue weighted by Gasteiger charge is -2.19. The van der Waals surface area contributed by atoms with Gasteiger partial charge in [-0.05, 0) is 30.4 Å². The molecular formula is C12H13N2S. The molecule has 0 atom stereocenters. The molecule has 0 spiro atoms. The number of fused-ring (bicyclic) bond motifs is 1. The molecule has 3 rings (SSSR count). The van der Waals surface area contributed by atoms with E-state index in [-0.39, 0.29) is 0 Å². The zero-order valence-corrected chi connectivity index (χ0v) is 9.33. The molecule has 0 aliphatic carbocycles. The van der Waals surface area contributed by atoms with Gasteiger partial charge in [-0.15, -0.1) is 0 Å². The number of piperidine rings is 1. The fourth-order valence-corrected chi connectivity index (χ4v) is 3.08. The number of aromatic nitrogens is 1. The van der Waals surface area contributed by atoms with Gasteiger partial charge in [0.05, 0.1) is 10.4 Å². The number of rotatable bonds is 1. The molecule has 1 aliphatic rings. The van der Waals surface area contributed by atoms with Crippen molar-refractivity contribution in [3.05, 3.63) is 30.0 Å². The van der Waals surface area contributed by atoms with Crippen molar-refractivity contribution in [2.45, 2.75) is 18.8 Å². The molecule has 1 aliphatic heterocycles. The summed E-state index contributed by atoms with van der Waals surface area (Å²) < 4.78 is 5.93. The van der Waals surface area contributed by atoms with E-state index in [0.717, 1.165) is 13.1 Å². The Labute approximate surface area is 93.5 Å². The van der Waals surface area contributed by atoms with Crippen LogP contribution >= 0.6 is 11.5 Å². The molecule has 1 saturated heterocycles. The van der Waals surface area contributed by atoms with E-state index in [4.69, 9.17) is 0 Å². The lowest BCUT2D eigenvalue weighted by atomic mass is 9.93. The molecule has 15 heavy (non-hydrogen) atoms. The SMILES string of the molecule is c1ccc2c(C3CC[N]CC3)nsc2c1. The van der Waals surface area contributed by atoms with Gasteiger partial charge in [0.2, 0.25) is 0 Å². The van der Waals surface area contributed by atoms with E-state index >= 15 is 0 Å². The quantitative estimate of drug-likeness (QED) is 0.721. The molecule has 1 radical (unpaired) electrons. The van der Waals surface area contributed by atoms with Crippen LogP contribution < -0.4 is 5.32 Å². The van der Waals surface area contributed by atoms with Crippen molar-refractivity contribution in [1.82, 2.24) is 9.69 Å². The molecule has 2 nitrogen and oxygen atoms in total. The van der Waals surface area contributed by atoms with Crippen molar-refractivity contribution in [1.29, 1.82) is 0 Å². The molecule has 0 bridgehead atoms. The van der Waals surface area contributed by atoms with Crippen molar-refractivity contribution in [2.24, 2.45) is 0 Å². The first-order valence-corrected chi connectivity index (χ1v) is 6.20. The maximum atomic E-state index is 4.62. The maximum absolute atomic E-state index is 4.62. The third-order valence-corrected chi connectivity index (χ3v) is 3.90. The highest BCUT2D eigenvalue weighted by Gasteiger charge is 2.20. The minimum atomic E-state index is 0.638. The molecule has 77 valence electrons. The monoisotopic (exact) mass is 217 g/mol. The van der Waals surface area contributed by atoms with Crippen LogP contribution in [0.4, 0.5) is 0 Å². The van der Waals surface area contributed by atoms with Gasteiger partial charge >= 0.3 is 0 Å². The predicted octanol–water partition coefficient (Wildman–Crippen LogP) is 2.78. The topological polar surface area (TPSA) is 27.0 Å². The van der Waals surface area contributed by atoms with Gasteiger partial charge in [-0.2, -0.15) is 4.37 Å². The minimum absolute atomic E-state index is 0.638. The Morgan fingerprint density at radius 2 is 1.93 bits per heavy atom. The van der Waals surface area contributed by atoms with Crippen LogP contribution in [-0.2, 0) is 0 Å². The van der Waals surface area contributed by atoms with Crippen molar-refractivity contribution in [3.63, 3.8) is 0 Å². The van der Waals surface area contributed by atoms with Gasteiger partial charge in [0.1, 0.15) is 0 Å². The second-order valence-corrected chi connectivity index (χ2v) is 4.81. The van der Waals surface area contributed by atoms with Crippen LogP contribution in [0.1, 0.15) is 24.5 Å². The highest BCUT2D eigenvalue weighted by Crippen LogP contribution is 2.32. The summed E-state index contributed by atoms with van der Waals surface area (Å²) in [5.74, 6) is 0.638. The van der Waals surface area contributed by atoms with E-state index in [1.807, 2.05) is 0 Å². The third kappa shape index (κ3) is 1.66. The summed E-state index contributed by atoms with van der Waals surface area (Å²) in [6.07, 6.45) is 2.35. The lowest BCUT2D eigenvalue weighted by Crippen LogP contribution is -2.21. The van der Waals surface area contributed by atoms with Crippen LogP contribution in [0, 0.1) is 0 Å². The van der Waals surface area contributed by atoms with Crippen LogP contribution in [0.3, 0.4) is 0 Å². The van der Waals surface area contributed by atoms with Crippen molar-refractivity contribution in [2.75, 3.05) is 13.1 Å². The number of hydrogen-bond donors (Lipinski definition) is 0. The van der Waals surface area contributed by atoms with Gasteiger partial charge in [0.15, 0.2) is 0 Å². The minimum Gasteiger partial charge on any atom is -0.242 e. The first-order chi connectivity index (χ1) is 7.45. The second kappa shape index (κ2) is 3.91. The van der Waals surface area contributed by atoms with E-state index in [1.165, 1.54) is 28.6 Å². The fourth-order valence-electron chi connectivity index (χ4n) is 2.22. The Kier molecular flexibility index (Phi) is 2.43. The van der Waals surface area contributed by atoms with Crippen LogP contribution in [0.2, 0.25) is 0 Å². The van der Waals surface area contributed by atoms with Crippen molar-refractivity contribution < 1.29 is 0 Å². The zero-order chi connectivity index (χ0) is 10.1. The van der Waals surface area contributed by atoms with E-state index < -0.39 is 0 Å². The Hall–Kier alpha value is -0.930. The molecule has 1 fully saturated rings. The molecule has 1 aromatic heterocycles. The van der Waals surface area contributed by atoms with E-state index in [2.05, 4.69) is 34.0 Å².